The third-order valence-electron chi connectivity index (χ3n) is 3.96. The molecule has 2 rings (SSSR count). The quantitative estimate of drug-likeness (QED) is 0.812. The molecule has 0 aromatic heterocycles. The molecule has 0 bridgehead atoms. The Bertz CT molecular complexity index is 452. The lowest BCUT2D eigenvalue weighted by atomic mass is 9.89. The van der Waals surface area contributed by atoms with Crippen LogP contribution < -0.4 is 0 Å². The van der Waals surface area contributed by atoms with Gasteiger partial charge in [0.05, 0.1) is 5.56 Å². The van der Waals surface area contributed by atoms with E-state index in [9.17, 15) is 9.18 Å². The van der Waals surface area contributed by atoms with E-state index in [2.05, 4.69) is 0 Å². The molecular formula is C16H22FNO. The molecule has 2 nitrogen and oxygen atoms in total. The molecule has 1 fully saturated rings. The maximum absolute atomic E-state index is 13.7. The standard InChI is InChI=1S/C16H22FNO/c1-12-8-9-15(17)14(10-12)16(19)18(2)11-13-6-4-3-5-7-13/h8-10,13H,3-7,11H2,1-2H3. The molecule has 3 heteroatoms. The summed E-state index contributed by atoms with van der Waals surface area (Å²) in [6.45, 7) is 2.61. The van der Waals surface area contributed by atoms with E-state index in [1.165, 1.54) is 38.2 Å². The van der Waals surface area contributed by atoms with E-state index in [1.807, 2.05) is 6.92 Å². The molecule has 0 aliphatic heterocycles. The lowest BCUT2D eigenvalue weighted by Crippen LogP contribution is -2.33. The van der Waals surface area contributed by atoms with Gasteiger partial charge in [-0.25, -0.2) is 4.39 Å². The van der Waals surface area contributed by atoms with Crippen molar-refractivity contribution in [1.82, 2.24) is 4.90 Å². The fraction of sp³-hybridized carbons (Fsp3) is 0.562. The van der Waals surface area contributed by atoms with Gasteiger partial charge in [-0.2, -0.15) is 0 Å². The van der Waals surface area contributed by atoms with Crippen LogP contribution in [0.5, 0.6) is 0 Å². The number of hydrogen-bond donors (Lipinski definition) is 0. The highest BCUT2D eigenvalue weighted by molar-refractivity contribution is 5.94. The Morgan fingerprint density at radius 1 is 1.32 bits per heavy atom. The SMILES string of the molecule is Cc1ccc(F)c(C(=O)N(C)CC2CCCCC2)c1. The lowest BCUT2D eigenvalue weighted by molar-refractivity contribution is 0.0756. The van der Waals surface area contributed by atoms with E-state index in [4.69, 9.17) is 0 Å². The Labute approximate surface area is 114 Å². The van der Waals surface area contributed by atoms with Crippen molar-refractivity contribution in [2.45, 2.75) is 39.0 Å². The van der Waals surface area contributed by atoms with Crippen molar-refractivity contribution < 1.29 is 9.18 Å². The third kappa shape index (κ3) is 3.55. The zero-order chi connectivity index (χ0) is 13.8. The predicted molar refractivity (Wildman–Crippen MR) is 74.7 cm³/mol. The summed E-state index contributed by atoms with van der Waals surface area (Å²) in [4.78, 5) is 14.0. The van der Waals surface area contributed by atoms with Crippen LogP contribution in [0.25, 0.3) is 0 Å². The number of benzene rings is 1. The van der Waals surface area contributed by atoms with Crippen molar-refractivity contribution in [3.05, 3.63) is 35.1 Å². The largest absolute Gasteiger partial charge is 0.341 e. The number of hydrogen-bond acceptors (Lipinski definition) is 1. The van der Waals surface area contributed by atoms with E-state index in [1.54, 1.807) is 24.1 Å². The normalized spacial score (nSPS) is 16.4. The van der Waals surface area contributed by atoms with Gasteiger partial charge in [-0.3, -0.25) is 4.79 Å². The predicted octanol–water partition coefficient (Wildman–Crippen LogP) is 3.79. The number of halogens is 1. The first kappa shape index (κ1) is 14.0. The van der Waals surface area contributed by atoms with Gasteiger partial charge in [-0.1, -0.05) is 30.9 Å². The van der Waals surface area contributed by atoms with Crippen LogP contribution in [0.15, 0.2) is 18.2 Å². The smallest absolute Gasteiger partial charge is 0.256 e. The lowest BCUT2D eigenvalue weighted by Gasteiger charge is -2.27. The molecular weight excluding hydrogens is 241 g/mol. The summed E-state index contributed by atoms with van der Waals surface area (Å²) in [6, 6.07) is 4.69. The highest BCUT2D eigenvalue weighted by Crippen LogP contribution is 2.24. The van der Waals surface area contributed by atoms with Crippen LogP contribution in [0.4, 0.5) is 4.39 Å². The number of rotatable bonds is 3. The third-order valence-corrected chi connectivity index (χ3v) is 3.96. The van der Waals surface area contributed by atoms with E-state index in [-0.39, 0.29) is 11.5 Å². The molecule has 1 amide bonds. The van der Waals surface area contributed by atoms with E-state index in [0.717, 1.165) is 12.1 Å². The van der Waals surface area contributed by atoms with E-state index in [0.29, 0.717) is 5.92 Å². The Hall–Kier alpha value is -1.38. The van der Waals surface area contributed by atoms with Gasteiger partial charge in [0, 0.05) is 13.6 Å². The maximum atomic E-state index is 13.7. The first-order valence-corrected chi connectivity index (χ1v) is 7.09. The van der Waals surface area contributed by atoms with Gasteiger partial charge in [0.1, 0.15) is 5.82 Å². The van der Waals surface area contributed by atoms with Crippen LogP contribution in [0.2, 0.25) is 0 Å². The molecule has 0 spiro atoms. The van der Waals surface area contributed by atoms with Crippen molar-refractivity contribution in [2.75, 3.05) is 13.6 Å². The van der Waals surface area contributed by atoms with Gasteiger partial charge in [0.25, 0.3) is 5.91 Å². The van der Waals surface area contributed by atoms with Crippen LogP contribution in [-0.4, -0.2) is 24.4 Å². The monoisotopic (exact) mass is 263 g/mol. The molecule has 0 unspecified atom stereocenters. The molecule has 0 radical (unpaired) electrons. The molecule has 0 atom stereocenters. The Morgan fingerprint density at radius 3 is 2.68 bits per heavy atom. The first-order chi connectivity index (χ1) is 9.08. The van der Waals surface area contributed by atoms with Crippen LogP contribution >= 0.6 is 0 Å². The molecule has 19 heavy (non-hydrogen) atoms. The number of aryl methyl sites for hydroxylation is 1. The van der Waals surface area contributed by atoms with Crippen LogP contribution in [0, 0.1) is 18.7 Å². The van der Waals surface area contributed by atoms with Crippen molar-refractivity contribution >= 4 is 5.91 Å². The second kappa shape index (κ2) is 6.18. The Kier molecular flexibility index (Phi) is 4.56. The van der Waals surface area contributed by atoms with Crippen LogP contribution in [0.1, 0.15) is 48.0 Å². The molecule has 1 aliphatic carbocycles. The van der Waals surface area contributed by atoms with Crippen LogP contribution in [-0.2, 0) is 0 Å². The number of amides is 1. The van der Waals surface area contributed by atoms with E-state index < -0.39 is 5.82 Å². The molecule has 104 valence electrons. The van der Waals surface area contributed by atoms with Crippen molar-refractivity contribution in [3.8, 4) is 0 Å². The van der Waals surface area contributed by atoms with Gasteiger partial charge in [-0.05, 0) is 37.8 Å². The van der Waals surface area contributed by atoms with E-state index >= 15 is 0 Å². The van der Waals surface area contributed by atoms with Crippen molar-refractivity contribution in [1.29, 1.82) is 0 Å². The Morgan fingerprint density at radius 2 is 2.00 bits per heavy atom. The van der Waals surface area contributed by atoms with Crippen molar-refractivity contribution in [3.63, 3.8) is 0 Å². The minimum atomic E-state index is -0.425. The number of nitrogens with zero attached hydrogens (tertiary/aromatic N) is 1. The molecule has 0 saturated heterocycles. The fourth-order valence-electron chi connectivity index (χ4n) is 2.85. The summed E-state index contributed by atoms with van der Waals surface area (Å²) >= 11 is 0. The van der Waals surface area contributed by atoms with Gasteiger partial charge in [0.15, 0.2) is 0 Å². The average Bonchev–Trinajstić information content (AvgIpc) is 2.42. The van der Waals surface area contributed by atoms with Gasteiger partial charge >= 0.3 is 0 Å². The Balaban J connectivity index is 2.03. The highest BCUT2D eigenvalue weighted by atomic mass is 19.1. The second-order valence-electron chi connectivity index (χ2n) is 5.67. The minimum Gasteiger partial charge on any atom is -0.341 e. The van der Waals surface area contributed by atoms with Gasteiger partial charge in [0.2, 0.25) is 0 Å². The molecule has 0 N–H and O–H groups in total. The molecule has 1 aromatic carbocycles. The zero-order valence-electron chi connectivity index (χ0n) is 11.8. The molecule has 1 saturated carbocycles. The number of carbonyl (C=O) groups is 1. The second-order valence-corrected chi connectivity index (χ2v) is 5.67. The topological polar surface area (TPSA) is 20.3 Å². The van der Waals surface area contributed by atoms with Gasteiger partial charge in [-0.15, -0.1) is 0 Å². The van der Waals surface area contributed by atoms with Crippen molar-refractivity contribution in [2.24, 2.45) is 5.92 Å². The minimum absolute atomic E-state index is 0.193. The zero-order valence-corrected chi connectivity index (χ0v) is 11.8. The summed E-state index contributed by atoms with van der Waals surface area (Å²) in [5.41, 5.74) is 1.11. The molecule has 1 aromatic rings. The fourth-order valence-corrected chi connectivity index (χ4v) is 2.85. The molecule has 1 aliphatic rings. The van der Waals surface area contributed by atoms with Crippen LogP contribution in [0.3, 0.4) is 0 Å². The summed E-state index contributed by atoms with van der Waals surface area (Å²) in [5, 5.41) is 0. The average molecular weight is 263 g/mol. The summed E-state index contributed by atoms with van der Waals surface area (Å²) in [6.07, 6.45) is 6.19. The summed E-state index contributed by atoms with van der Waals surface area (Å²) < 4.78 is 13.7. The van der Waals surface area contributed by atoms with Gasteiger partial charge < -0.3 is 4.90 Å². The summed E-state index contributed by atoms with van der Waals surface area (Å²) in [7, 11) is 1.78. The number of carbonyl (C=O) groups excluding carboxylic acids is 1. The molecule has 0 heterocycles. The highest BCUT2D eigenvalue weighted by Gasteiger charge is 2.21. The summed E-state index contributed by atoms with van der Waals surface area (Å²) in [5.74, 6) is -0.0477. The first-order valence-electron chi connectivity index (χ1n) is 7.09. The maximum Gasteiger partial charge on any atom is 0.256 e.